The van der Waals surface area contributed by atoms with Gasteiger partial charge in [0.2, 0.25) is 0 Å². The molecule has 2 unspecified atom stereocenters. The molecule has 3 rings (SSSR count). The fourth-order valence-electron chi connectivity index (χ4n) is 4.08. The van der Waals surface area contributed by atoms with E-state index >= 15 is 0 Å². The average Bonchev–Trinajstić information content (AvgIpc) is 2.69. The molecule has 0 heterocycles. The second kappa shape index (κ2) is 9.41. The van der Waals surface area contributed by atoms with Gasteiger partial charge in [-0.05, 0) is 72.3 Å². The number of hydrogen-bond donors (Lipinski definition) is 0. The zero-order valence-electron chi connectivity index (χ0n) is 16.3. The van der Waals surface area contributed by atoms with Gasteiger partial charge in [0, 0.05) is 11.9 Å². The highest BCUT2D eigenvalue weighted by atomic mass is 35.5. The van der Waals surface area contributed by atoms with E-state index in [1.807, 2.05) is 6.07 Å². The van der Waals surface area contributed by atoms with Gasteiger partial charge in [-0.1, -0.05) is 61.3 Å². The Morgan fingerprint density at radius 2 is 1.85 bits per heavy atom. The Kier molecular flexibility index (Phi) is 6.95. The number of benzene rings is 2. The zero-order chi connectivity index (χ0) is 19.2. The molecule has 0 N–H and O–H groups in total. The monoisotopic (exact) mass is 384 g/mol. The lowest BCUT2D eigenvalue weighted by molar-refractivity contribution is -0.142. The number of carbonyl (C=O) groups excluding carboxylic acids is 1. The number of rotatable bonds is 6. The van der Waals surface area contributed by atoms with Crippen LogP contribution < -0.4 is 0 Å². The molecule has 1 aliphatic rings. The van der Waals surface area contributed by atoms with Crippen LogP contribution in [0.25, 0.3) is 0 Å². The average molecular weight is 385 g/mol. The van der Waals surface area contributed by atoms with Crippen molar-refractivity contribution in [1.29, 1.82) is 0 Å². The molecule has 27 heavy (non-hydrogen) atoms. The number of aryl methyl sites for hydroxylation is 1. The molecule has 3 heteroatoms. The Balaban J connectivity index is 1.71. The van der Waals surface area contributed by atoms with Crippen molar-refractivity contribution >= 4 is 17.6 Å². The minimum Gasteiger partial charge on any atom is -0.466 e. The summed E-state index contributed by atoms with van der Waals surface area (Å²) in [6.45, 7) is 4.21. The van der Waals surface area contributed by atoms with Gasteiger partial charge in [0.25, 0.3) is 0 Å². The van der Waals surface area contributed by atoms with Crippen LogP contribution >= 0.6 is 11.6 Å². The molecule has 2 aromatic carbocycles. The highest BCUT2D eigenvalue weighted by Gasteiger charge is 2.24. The summed E-state index contributed by atoms with van der Waals surface area (Å²) in [5.41, 5.74) is 5.22. The summed E-state index contributed by atoms with van der Waals surface area (Å²) >= 11 is 6.50. The van der Waals surface area contributed by atoms with Crippen molar-refractivity contribution in [2.75, 3.05) is 6.61 Å². The molecule has 1 aliphatic carbocycles. The van der Waals surface area contributed by atoms with Gasteiger partial charge in [-0.2, -0.15) is 0 Å². The molecular weight excluding hydrogens is 356 g/mol. The van der Waals surface area contributed by atoms with Crippen molar-refractivity contribution in [2.45, 2.75) is 58.3 Å². The first kappa shape index (κ1) is 19.9. The molecule has 0 saturated heterocycles. The summed E-state index contributed by atoms with van der Waals surface area (Å²) < 4.78 is 5.25. The van der Waals surface area contributed by atoms with Crippen LogP contribution in [0.5, 0.6) is 0 Å². The highest BCUT2D eigenvalue weighted by Crippen LogP contribution is 2.37. The van der Waals surface area contributed by atoms with E-state index in [2.05, 4.69) is 43.3 Å². The summed E-state index contributed by atoms with van der Waals surface area (Å²) in [5, 5.41) is 0.839. The van der Waals surface area contributed by atoms with Gasteiger partial charge in [0.15, 0.2) is 0 Å². The molecule has 0 bridgehead atoms. The Bertz CT molecular complexity index is 766. The van der Waals surface area contributed by atoms with E-state index in [-0.39, 0.29) is 5.97 Å². The third-order valence-electron chi connectivity index (χ3n) is 5.67. The third-order valence-corrected chi connectivity index (χ3v) is 6.04. The summed E-state index contributed by atoms with van der Waals surface area (Å²) in [4.78, 5) is 11.1. The molecule has 2 nitrogen and oxygen atoms in total. The number of halogens is 1. The SMILES string of the molecule is CCc1ccc(Cc2cc(C3CCCC(COC(C)=O)C3)ccc2Cl)cc1. The molecule has 2 atom stereocenters. The number of carbonyl (C=O) groups is 1. The van der Waals surface area contributed by atoms with Crippen molar-refractivity contribution in [3.05, 3.63) is 69.7 Å². The van der Waals surface area contributed by atoms with E-state index in [1.54, 1.807) is 0 Å². The van der Waals surface area contributed by atoms with Crippen LogP contribution in [0.15, 0.2) is 42.5 Å². The van der Waals surface area contributed by atoms with E-state index < -0.39 is 0 Å². The van der Waals surface area contributed by atoms with Gasteiger partial charge < -0.3 is 4.74 Å². The molecule has 0 amide bonds. The summed E-state index contributed by atoms with van der Waals surface area (Å²) in [7, 11) is 0. The summed E-state index contributed by atoms with van der Waals surface area (Å²) in [6, 6.07) is 15.3. The van der Waals surface area contributed by atoms with Crippen LogP contribution in [0.2, 0.25) is 5.02 Å². The van der Waals surface area contributed by atoms with Crippen molar-refractivity contribution in [3.8, 4) is 0 Å². The Hall–Kier alpha value is -1.80. The Morgan fingerprint density at radius 3 is 2.56 bits per heavy atom. The number of ether oxygens (including phenoxy) is 1. The fourth-order valence-corrected chi connectivity index (χ4v) is 4.26. The second-order valence-electron chi connectivity index (χ2n) is 7.73. The van der Waals surface area contributed by atoms with Gasteiger partial charge in [-0.15, -0.1) is 0 Å². The van der Waals surface area contributed by atoms with Gasteiger partial charge >= 0.3 is 5.97 Å². The van der Waals surface area contributed by atoms with Gasteiger partial charge in [0.05, 0.1) is 6.61 Å². The van der Waals surface area contributed by atoms with Crippen LogP contribution in [-0.4, -0.2) is 12.6 Å². The lowest BCUT2D eigenvalue weighted by Gasteiger charge is -2.29. The van der Waals surface area contributed by atoms with E-state index in [0.717, 1.165) is 30.7 Å². The lowest BCUT2D eigenvalue weighted by atomic mass is 9.78. The van der Waals surface area contributed by atoms with Crippen LogP contribution in [-0.2, 0) is 22.4 Å². The summed E-state index contributed by atoms with van der Waals surface area (Å²) in [6.07, 6.45) is 6.54. The first-order valence-electron chi connectivity index (χ1n) is 10.0. The number of hydrogen-bond acceptors (Lipinski definition) is 2. The molecule has 0 aromatic heterocycles. The molecule has 0 spiro atoms. The quantitative estimate of drug-likeness (QED) is 0.544. The van der Waals surface area contributed by atoms with E-state index in [4.69, 9.17) is 16.3 Å². The first-order chi connectivity index (χ1) is 13.0. The van der Waals surface area contributed by atoms with Gasteiger partial charge in [-0.25, -0.2) is 0 Å². The topological polar surface area (TPSA) is 26.3 Å². The van der Waals surface area contributed by atoms with Crippen molar-refractivity contribution < 1.29 is 9.53 Å². The maximum Gasteiger partial charge on any atom is 0.302 e. The number of esters is 1. The van der Waals surface area contributed by atoms with Crippen LogP contribution in [0.3, 0.4) is 0 Å². The van der Waals surface area contributed by atoms with Gasteiger partial charge in [0.1, 0.15) is 0 Å². The molecule has 144 valence electrons. The predicted octanol–water partition coefficient (Wildman–Crippen LogP) is 6.33. The Morgan fingerprint density at radius 1 is 1.11 bits per heavy atom. The molecule has 2 aromatic rings. The Labute approximate surface area is 167 Å². The smallest absolute Gasteiger partial charge is 0.302 e. The molecular formula is C24H29ClO2. The largest absolute Gasteiger partial charge is 0.466 e. The van der Waals surface area contributed by atoms with Gasteiger partial charge in [-0.3, -0.25) is 4.79 Å². The third kappa shape index (κ3) is 5.59. The first-order valence-corrected chi connectivity index (χ1v) is 10.4. The predicted molar refractivity (Wildman–Crippen MR) is 111 cm³/mol. The molecule has 1 fully saturated rings. The van der Waals surface area contributed by atoms with Crippen LogP contribution in [0.4, 0.5) is 0 Å². The standard InChI is InChI=1S/C24H29ClO2/c1-3-18-7-9-19(10-8-18)13-23-15-22(11-12-24(23)25)21-6-4-5-20(14-21)16-27-17(2)26/h7-12,15,20-21H,3-6,13-14,16H2,1-2H3. The second-order valence-corrected chi connectivity index (χ2v) is 8.14. The fraction of sp³-hybridized carbons (Fsp3) is 0.458. The zero-order valence-corrected chi connectivity index (χ0v) is 17.1. The summed E-state index contributed by atoms with van der Waals surface area (Å²) in [5.74, 6) is 0.811. The maximum atomic E-state index is 11.1. The lowest BCUT2D eigenvalue weighted by Crippen LogP contribution is -2.20. The van der Waals surface area contributed by atoms with E-state index in [9.17, 15) is 4.79 Å². The molecule has 0 radical (unpaired) electrons. The van der Waals surface area contributed by atoms with Crippen LogP contribution in [0, 0.1) is 5.92 Å². The van der Waals surface area contributed by atoms with Crippen molar-refractivity contribution in [1.82, 2.24) is 0 Å². The maximum absolute atomic E-state index is 11.1. The van der Waals surface area contributed by atoms with Crippen molar-refractivity contribution in [2.24, 2.45) is 5.92 Å². The molecule has 1 saturated carbocycles. The van der Waals surface area contributed by atoms with Crippen molar-refractivity contribution in [3.63, 3.8) is 0 Å². The van der Waals surface area contributed by atoms with E-state index in [0.29, 0.717) is 18.4 Å². The normalized spacial score (nSPS) is 19.7. The molecule has 0 aliphatic heterocycles. The van der Waals surface area contributed by atoms with Crippen LogP contribution in [0.1, 0.15) is 67.7 Å². The highest BCUT2D eigenvalue weighted by molar-refractivity contribution is 6.31. The van der Waals surface area contributed by atoms with E-state index in [1.165, 1.54) is 42.0 Å². The minimum absolute atomic E-state index is 0.181. The minimum atomic E-state index is -0.181.